The summed E-state index contributed by atoms with van der Waals surface area (Å²) in [6, 6.07) is 3.36. The van der Waals surface area contributed by atoms with E-state index in [0.717, 1.165) is 18.3 Å². The number of nitrogens with zero attached hydrogens (tertiary/aromatic N) is 3. The molecule has 0 bridgehead atoms. The number of rotatable bonds is 5. The number of hydrogen-bond donors (Lipinski definition) is 4. The number of amidine groups is 1. The fourth-order valence-corrected chi connectivity index (χ4v) is 8.39. The van der Waals surface area contributed by atoms with Crippen LogP contribution in [0.3, 0.4) is 0 Å². The van der Waals surface area contributed by atoms with Crippen LogP contribution < -0.4 is 20.5 Å². The summed E-state index contributed by atoms with van der Waals surface area (Å²) in [5.74, 6) is -1.76. The molecule has 4 rings (SSSR count). The van der Waals surface area contributed by atoms with Crippen LogP contribution in [0.1, 0.15) is 43.4 Å². The van der Waals surface area contributed by atoms with Crippen LogP contribution in [0.25, 0.3) is 0 Å². The third-order valence-corrected chi connectivity index (χ3v) is 11.0. The Balaban J connectivity index is 1.68. The van der Waals surface area contributed by atoms with Crippen LogP contribution in [0.2, 0.25) is 5.02 Å². The number of amides is 1. The lowest BCUT2D eigenvalue weighted by Crippen LogP contribution is -2.64. The Kier molecular flexibility index (Phi) is 6.31. The predicted molar refractivity (Wildman–Crippen MR) is 127 cm³/mol. The monoisotopic (exact) mass is 532 g/mol. The van der Waals surface area contributed by atoms with E-state index in [2.05, 4.69) is 29.7 Å². The summed E-state index contributed by atoms with van der Waals surface area (Å²) in [7, 11) is -3.14. The van der Waals surface area contributed by atoms with Gasteiger partial charge in [-0.2, -0.15) is 8.78 Å². The van der Waals surface area contributed by atoms with Gasteiger partial charge in [-0.25, -0.2) is 14.4 Å². The number of nitrogens with two attached hydrogens (primary N) is 1. The number of halogens is 4. The minimum absolute atomic E-state index is 0.0437. The first kappa shape index (κ1) is 25.3. The molecule has 4 N–H and O–H groups in total. The number of aliphatic imine (C=N–C) groups is 1. The second kappa shape index (κ2) is 8.71. The number of hydrogen-bond acceptors (Lipinski definition) is 7. The molecule has 190 valence electrons. The van der Waals surface area contributed by atoms with Crippen LogP contribution in [0, 0.1) is 5.82 Å². The van der Waals surface area contributed by atoms with E-state index in [1.54, 1.807) is 20.8 Å². The van der Waals surface area contributed by atoms with Gasteiger partial charge < -0.3 is 15.8 Å². The summed E-state index contributed by atoms with van der Waals surface area (Å²) >= 11 is 6.00. The van der Waals surface area contributed by atoms with Crippen LogP contribution in [0.5, 0.6) is 5.75 Å². The van der Waals surface area contributed by atoms with E-state index >= 15 is 4.39 Å². The quantitative estimate of drug-likeness (QED) is 0.438. The second-order valence-corrected chi connectivity index (χ2v) is 12.7. The van der Waals surface area contributed by atoms with Gasteiger partial charge in [-0.05, 0) is 49.4 Å². The summed E-state index contributed by atoms with van der Waals surface area (Å²) in [6.45, 7) is 2.48. The topological polar surface area (TPSA) is 132 Å². The highest BCUT2D eigenvalue weighted by Gasteiger charge is 2.59. The molecule has 2 aromatic rings. The Morgan fingerprint density at radius 1 is 1.37 bits per heavy atom. The molecule has 0 radical (unpaired) electrons. The molecule has 2 aromatic heterocycles. The van der Waals surface area contributed by atoms with E-state index < -0.39 is 44.0 Å². The van der Waals surface area contributed by atoms with Crippen molar-refractivity contribution < 1.29 is 26.9 Å². The molecule has 0 saturated carbocycles. The zero-order chi connectivity index (χ0) is 25.8. The Labute approximate surface area is 205 Å². The van der Waals surface area contributed by atoms with Crippen LogP contribution in [0.15, 0.2) is 29.4 Å². The number of aromatic nitrogens is 2. The van der Waals surface area contributed by atoms with Crippen LogP contribution in [-0.4, -0.2) is 49.1 Å². The van der Waals surface area contributed by atoms with Crippen molar-refractivity contribution in [3.8, 4) is 5.75 Å². The molecule has 14 heteroatoms. The highest BCUT2D eigenvalue weighted by Crippen LogP contribution is 2.48. The van der Waals surface area contributed by atoms with Crippen molar-refractivity contribution in [2.75, 3.05) is 11.9 Å². The highest BCUT2D eigenvalue weighted by atomic mass is 35.5. The molecule has 0 unspecified atom stereocenters. The van der Waals surface area contributed by atoms with Crippen molar-refractivity contribution >= 4 is 39.3 Å². The maximum atomic E-state index is 15.1. The van der Waals surface area contributed by atoms with Crippen LogP contribution in [-0.2, 0) is 15.7 Å². The Hall–Kier alpha value is -2.77. The molecule has 35 heavy (non-hydrogen) atoms. The summed E-state index contributed by atoms with van der Waals surface area (Å²) in [5.41, 5.74) is 4.45. The van der Waals surface area contributed by atoms with Gasteiger partial charge in [0.1, 0.15) is 40.1 Å². The fraction of sp³-hybridized carbons (Fsp3) is 0.429. The van der Waals surface area contributed by atoms with Gasteiger partial charge in [0.25, 0.3) is 5.91 Å². The lowest BCUT2D eigenvalue weighted by atomic mass is 9.90. The summed E-state index contributed by atoms with van der Waals surface area (Å²) in [5, 5.41) is 1.66. The van der Waals surface area contributed by atoms with Gasteiger partial charge >= 0.3 is 6.61 Å². The molecule has 2 aliphatic heterocycles. The van der Waals surface area contributed by atoms with Gasteiger partial charge in [0.2, 0.25) is 0 Å². The average molecular weight is 533 g/mol. The molecular weight excluding hydrogens is 509 g/mol. The van der Waals surface area contributed by atoms with Gasteiger partial charge in [0, 0.05) is 12.6 Å². The molecule has 0 aliphatic carbocycles. The van der Waals surface area contributed by atoms with E-state index in [1.807, 2.05) is 0 Å². The molecule has 4 heterocycles. The lowest BCUT2D eigenvalue weighted by molar-refractivity contribution is -0.0500. The Bertz CT molecular complexity index is 1280. The minimum Gasteiger partial charge on any atom is -0.433 e. The molecule has 2 atom stereocenters. The number of alkyl halides is 2. The zero-order valence-corrected chi connectivity index (χ0v) is 20.6. The maximum Gasteiger partial charge on any atom is 0.387 e. The predicted octanol–water partition coefficient (Wildman–Crippen LogP) is 2.78. The lowest BCUT2D eigenvalue weighted by Gasteiger charge is -2.50. The van der Waals surface area contributed by atoms with Crippen molar-refractivity contribution in [3.05, 3.63) is 46.6 Å². The second-order valence-electron chi connectivity index (χ2n) is 8.94. The van der Waals surface area contributed by atoms with E-state index in [1.165, 1.54) is 6.07 Å². The zero-order valence-electron chi connectivity index (χ0n) is 19.0. The number of carbonyl (C=O) groups is 1. The molecule has 9 nitrogen and oxygen atoms in total. The van der Waals surface area contributed by atoms with Crippen molar-refractivity contribution in [1.82, 2.24) is 14.7 Å². The van der Waals surface area contributed by atoms with E-state index in [9.17, 15) is 17.8 Å². The first-order chi connectivity index (χ1) is 16.3. The first-order valence-electron chi connectivity index (χ1n) is 10.6. The summed E-state index contributed by atoms with van der Waals surface area (Å²) in [6.07, 6.45) is 1.39. The van der Waals surface area contributed by atoms with Crippen molar-refractivity contribution in [2.45, 2.75) is 49.3 Å². The third-order valence-electron chi connectivity index (χ3n) is 6.49. The molecule has 1 amide bonds. The first-order valence-corrected chi connectivity index (χ1v) is 12.7. The average Bonchev–Trinajstić information content (AvgIpc) is 3.18. The molecular formula is C21H24ClF3N6O3S. The van der Waals surface area contributed by atoms with Gasteiger partial charge in [0.05, 0.1) is 21.2 Å². The summed E-state index contributed by atoms with van der Waals surface area (Å²) < 4.78 is 60.2. The molecule has 0 aromatic carbocycles. The van der Waals surface area contributed by atoms with Gasteiger partial charge in [-0.1, -0.05) is 11.6 Å². The molecule has 2 aliphatic rings. The van der Waals surface area contributed by atoms with Gasteiger partial charge in [0.15, 0.2) is 0 Å². The van der Waals surface area contributed by atoms with Crippen molar-refractivity contribution in [3.63, 3.8) is 0 Å². The minimum atomic E-state index is -3.14. The number of thiol groups is 1. The van der Waals surface area contributed by atoms with Crippen molar-refractivity contribution in [2.24, 2.45) is 10.7 Å². The van der Waals surface area contributed by atoms with Crippen LogP contribution in [0.4, 0.5) is 19.0 Å². The van der Waals surface area contributed by atoms with Gasteiger partial charge in [-0.15, -0.1) is 0 Å². The van der Waals surface area contributed by atoms with Crippen molar-refractivity contribution in [1.29, 1.82) is 0 Å². The highest BCUT2D eigenvalue weighted by molar-refractivity contribution is 8.04. The van der Waals surface area contributed by atoms with Gasteiger partial charge in [-0.3, -0.25) is 18.7 Å². The molecule has 1 fully saturated rings. The smallest absolute Gasteiger partial charge is 0.387 e. The van der Waals surface area contributed by atoms with E-state index in [4.69, 9.17) is 17.3 Å². The molecule has 0 spiro atoms. The number of ether oxygens (including phenoxy) is 1. The van der Waals surface area contributed by atoms with E-state index in [-0.39, 0.29) is 33.8 Å². The SMILES string of the molecule is CC1(C)C(N)=N[C@](C)(c2nc(NC(=O)c3ncc(OC(F)F)cc3Cl)ccc2F)[C@@H]2CCN[SH]21=O. The third kappa shape index (κ3) is 4.15. The number of carbonyl (C=O) groups excluding carboxylic acids is 1. The van der Waals surface area contributed by atoms with Crippen LogP contribution >= 0.6 is 11.6 Å². The Morgan fingerprint density at radius 2 is 2.09 bits per heavy atom. The molecule has 1 saturated heterocycles. The van der Waals surface area contributed by atoms with E-state index in [0.29, 0.717) is 13.0 Å². The maximum absolute atomic E-state index is 15.1. The number of fused-ring (bicyclic) bond motifs is 1. The number of nitrogens with one attached hydrogen (secondary N) is 2. The Morgan fingerprint density at radius 3 is 2.74 bits per heavy atom. The standard InChI is InChI=1S/C21H24ClF3N6O3S/c1-20(2)18(26)31-21(3,13-6-7-28-35(13,20)33)16-12(23)4-5-14(29-16)30-17(32)15-11(22)8-10(9-27-15)34-19(24)25/h4-5,8-9,13,19,35H,6-7H2,1-3H3,(H2,26,31)(H,28,33)(H,29,30,32)/t13-,21-/m0/s1. The largest absolute Gasteiger partial charge is 0.433 e. The fourth-order valence-electron chi connectivity index (χ4n) is 4.52. The summed E-state index contributed by atoms with van der Waals surface area (Å²) in [4.78, 5) is 25.3. The number of pyridine rings is 2. The normalized spacial score (nSPS) is 25.5. The number of anilines is 1.